The molecule has 18 heavy (non-hydrogen) atoms. The average molecular weight is 271 g/mol. The minimum Gasteiger partial charge on any atom is -0.497 e. The molecule has 4 nitrogen and oxygen atoms in total. The Labute approximate surface area is 111 Å². The van der Waals surface area contributed by atoms with Gasteiger partial charge in [-0.3, -0.25) is 4.21 Å². The molecule has 0 saturated heterocycles. The van der Waals surface area contributed by atoms with E-state index < -0.39 is 10.8 Å². The highest BCUT2D eigenvalue weighted by molar-refractivity contribution is 7.85. The summed E-state index contributed by atoms with van der Waals surface area (Å²) >= 11 is 0. The molecule has 5 heteroatoms. The number of rotatable bonds is 8. The van der Waals surface area contributed by atoms with Crippen molar-refractivity contribution in [1.82, 2.24) is 5.32 Å². The standard InChI is InChI=1S/C13H21NO3S/c1-3-14-11(7-8-15)10-18(16)13-6-4-5-12(9-13)17-2/h4-6,9,11,14-15H,3,7-8,10H2,1-2H3. The predicted molar refractivity (Wildman–Crippen MR) is 73.4 cm³/mol. The minimum absolute atomic E-state index is 0.0760. The Morgan fingerprint density at radius 1 is 1.50 bits per heavy atom. The monoisotopic (exact) mass is 271 g/mol. The van der Waals surface area contributed by atoms with E-state index in [1.165, 1.54) is 0 Å². The molecule has 0 aliphatic rings. The van der Waals surface area contributed by atoms with Crippen molar-refractivity contribution >= 4 is 10.8 Å². The normalized spacial score (nSPS) is 14.2. The van der Waals surface area contributed by atoms with E-state index >= 15 is 0 Å². The fourth-order valence-electron chi connectivity index (χ4n) is 1.71. The van der Waals surface area contributed by atoms with Gasteiger partial charge in [0.1, 0.15) is 5.75 Å². The molecular weight excluding hydrogens is 250 g/mol. The zero-order chi connectivity index (χ0) is 13.4. The molecule has 0 aliphatic heterocycles. The summed E-state index contributed by atoms with van der Waals surface area (Å²) in [4.78, 5) is 0.759. The highest BCUT2D eigenvalue weighted by Gasteiger charge is 2.13. The fraction of sp³-hybridized carbons (Fsp3) is 0.538. The van der Waals surface area contributed by atoms with Gasteiger partial charge >= 0.3 is 0 Å². The van der Waals surface area contributed by atoms with Gasteiger partial charge in [0.2, 0.25) is 0 Å². The second kappa shape index (κ2) is 8.24. The van der Waals surface area contributed by atoms with Crippen LogP contribution in [0.15, 0.2) is 29.2 Å². The lowest BCUT2D eigenvalue weighted by molar-refractivity contribution is 0.270. The van der Waals surface area contributed by atoms with Crippen LogP contribution >= 0.6 is 0 Å². The van der Waals surface area contributed by atoms with Crippen LogP contribution in [-0.4, -0.2) is 41.4 Å². The Hall–Kier alpha value is -0.910. The second-order valence-corrected chi connectivity index (χ2v) is 5.45. The molecule has 1 rings (SSSR count). The first-order valence-corrected chi connectivity index (χ1v) is 7.39. The summed E-state index contributed by atoms with van der Waals surface area (Å²) in [6, 6.07) is 7.36. The van der Waals surface area contributed by atoms with Gasteiger partial charge in [-0.2, -0.15) is 0 Å². The van der Waals surface area contributed by atoms with E-state index in [0.717, 1.165) is 11.4 Å². The summed E-state index contributed by atoms with van der Waals surface area (Å²) in [5.74, 6) is 1.21. The van der Waals surface area contributed by atoms with Crippen LogP contribution in [0.4, 0.5) is 0 Å². The van der Waals surface area contributed by atoms with Gasteiger partial charge < -0.3 is 15.2 Å². The van der Waals surface area contributed by atoms with Gasteiger partial charge in [-0.15, -0.1) is 0 Å². The minimum atomic E-state index is -1.08. The lowest BCUT2D eigenvalue weighted by Gasteiger charge is -2.16. The van der Waals surface area contributed by atoms with E-state index in [-0.39, 0.29) is 12.6 Å². The number of aliphatic hydroxyl groups excluding tert-OH is 1. The first kappa shape index (κ1) is 15.1. The molecule has 2 atom stereocenters. The number of ether oxygens (including phenoxy) is 1. The number of benzene rings is 1. The molecule has 0 aliphatic carbocycles. The first-order chi connectivity index (χ1) is 8.71. The zero-order valence-corrected chi connectivity index (χ0v) is 11.7. The molecule has 2 N–H and O–H groups in total. The summed E-state index contributed by atoms with van der Waals surface area (Å²) in [6.07, 6.45) is 0.615. The summed E-state index contributed by atoms with van der Waals surface area (Å²) in [5.41, 5.74) is 0. The molecule has 0 heterocycles. The third-order valence-electron chi connectivity index (χ3n) is 2.63. The van der Waals surface area contributed by atoms with Crippen LogP contribution in [0.5, 0.6) is 5.75 Å². The molecule has 0 saturated carbocycles. The van der Waals surface area contributed by atoms with Crippen LogP contribution in [0.3, 0.4) is 0 Å². The number of hydrogen-bond donors (Lipinski definition) is 2. The SMILES string of the molecule is CCNC(CCO)CS(=O)c1cccc(OC)c1. The van der Waals surface area contributed by atoms with Gasteiger partial charge in [-0.05, 0) is 31.2 Å². The Balaban J connectivity index is 2.67. The van der Waals surface area contributed by atoms with Crippen LogP contribution in [0, 0.1) is 0 Å². The lowest BCUT2D eigenvalue weighted by Crippen LogP contribution is -2.34. The number of hydrogen-bond acceptors (Lipinski definition) is 4. The lowest BCUT2D eigenvalue weighted by atomic mass is 10.2. The van der Waals surface area contributed by atoms with Gasteiger partial charge in [0, 0.05) is 23.3 Å². The molecular formula is C13H21NO3S. The van der Waals surface area contributed by atoms with E-state index in [4.69, 9.17) is 9.84 Å². The smallest absolute Gasteiger partial charge is 0.120 e. The van der Waals surface area contributed by atoms with Crippen LogP contribution < -0.4 is 10.1 Å². The predicted octanol–water partition coefficient (Wildman–Crippen LogP) is 1.16. The van der Waals surface area contributed by atoms with E-state index in [9.17, 15) is 4.21 Å². The second-order valence-electron chi connectivity index (χ2n) is 3.96. The van der Waals surface area contributed by atoms with Gasteiger partial charge in [-0.1, -0.05) is 13.0 Å². The molecule has 0 spiro atoms. The van der Waals surface area contributed by atoms with Gasteiger partial charge in [-0.25, -0.2) is 0 Å². The quantitative estimate of drug-likeness (QED) is 0.745. The Morgan fingerprint density at radius 3 is 2.89 bits per heavy atom. The van der Waals surface area contributed by atoms with Crippen molar-refractivity contribution in [2.45, 2.75) is 24.3 Å². The topological polar surface area (TPSA) is 58.6 Å². The van der Waals surface area contributed by atoms with Gasteiger partial charge in [0.15, 0.2) is 0 Å². The highest BCUT2D eigenvalue weighted by Crippen LogP contribution is 2.16. The van der Waals surface area contributed by atoms with Crippen LogP contribution in [0.25, 0.3) is 0 Å². The van der Waals surface area contributed by atoms with E-state index in [1.807, 2.05) is 25.1 Å². The van der Waals surface area contributed by atoms with Crippen LogP contribution in [0.2, 0.25) is 0 Å². The molecule has 1 aromatic rings. The van der Waals surface area contributed by atoms with Crippen molar-refractivity contribution < 1.29 is 14.1 Å². The Bertz CT molecular complexity index is 378. The zero-order valence-electron chi connectivity index (χ0n) is 10.9. The maximum absolute atomic E-state index is 12.2. The van der Waals surface area contributed by atoms with Crippen LogP contribution in [-0.2, 0) is 10.8 Å². The Morgan fingerprint density at radius 2 is 2.28 bits per heavy atom. The third-order valence-corrected chi connectivity index (χ3v) is 4.11. The average Bonchev–Trinajstić information content (AvgIpc) is 2.39. The maximum atomic E-state index is 12.2. The molecule has 102 valence electrons. The maximum Gasteiger partial charge on any atom is 0.120 e. The van der Waals surface area contributed by atoms with Crippen molar-refractivity contribution in [2.75, 3.05) is 26.0 Å². The molecule has 0 amide bonds. The summed E-state index contributed by atoms with van der Waals surface area (Å²) in [6.45, 7) is 2.91. The fourth-order valence-corrected chi connectivity index (χ4v) is 3.03. The number of methoxy groups -OCH3 is 1. The molecule has 0 fully saturated rings. The van der Waals surface area contributed by atoms with Crippen molar-refractivity contribution in [3.05, 3.63) is 24.3 Å². The van der Waals surface area contributed by atoms with E-state index in [0.29, 0.717) is 17.9 Å². The van der Waals surface area contributed by atoms with Gasteiger partial charge in [0.05, 0.1) is 17.9 Å². The van der Waals surface area contributed by atoms with Gasteiger partial charge in [0.25, 0.3) is 0 Å². The summed E-state index contributed by atoms with van der Waals surface area (Å²) in [5, 5.41) is 12.2. The van der Waals surface area contributed by atoms with E-state index in [2.05, 4.69) is 5.32 Å². The Kier molecular flexibility index (Phi) is 6.93. The summed E-state index contributed by atoms with van der Waals surface area (Å²) in [7, 11) is 0.511. The largest absolute Gasteiger partial charge is 0.497 e. The van der Waals surface area contributed by atoms with Crippen molar-refractivity contribution in [2.24, 2.45) is 0 Å². The molecule has 0 bridgehead atoms. The van der Waals surface area contributed by atoms with Crippen molar-refractivity contribution in [3.63, 3.8) is 0 Å². The van der Waals surface area contributed by atoms with Crippen molar-refractivity contribution in [3.8, 4) is 5.75 Å². The number of nitrogens with one attached hydrogen (secondary N) is 1. The molecule has 1 aromatic carbocycles. The summed E-state index contributed by atoms with van der Waals surface area (Å²) < 4.78 is 17.3. The van der Waals surface area contributed by atoms with Crippen LogP contribution in [0.1, 0.15) is 13.3 Å². The van der Waals surface area contributed by atoms with Crippen molar-refractivity contribution in [1.29, 1.82) is 0 Å². The van der Waals surface area contributed by atoms with E-state index in [1.54, 1.807) is 13.2 Å². The first-order valence-electron chi connectivity index (χ1n) is 6.08. The molecule has 2 unspecified atom stereocenters. The molecule has 0 radical (unpaired) electrons. The highest BCUT2D eigenvalue weighted by atomic mass is 32.2. The number of aliphatic hydroxyl groups is 1. The third kappa shape index (κ3) is 4.76. The molecule has 0 aromatic heterocycles.